The van der Waals surface area contributed by atoms with E-state index in [4.69, 9.17) is 0 Å². The van der Waals surface area contributed by atoms with Crippen LogP contribution in [0.5, 0.6) is 0 Å². The van der Waals surface area contributed by atoms with Crippen LogP contribution in [-0.4, -0.2) is 37.2 Å². The first-order valence-electron chi connectivity index (χ1n) is 8.74. The molecule has 3 heterocycles. The predicted molar refractivity (Wildman–Crippen MR) is 94.8 cm³/mol. The summed E-state index contributed by atoms with van der Waals surface area (Å²) in [5, 5.41) is 14.7. The highest BCUT2D eigenvalue weighted by molar-refractivity contribution is 5.83. The van der Waals surface area contributed by atoms with E-state index in [2.05, 4.69) is 22.2 Å². The average molecular weight is 338 g/mol. The quantitative estimate of drug-likeness (QED) is 0.749. The van der Waals surface area contributed by atoms with Crippen molar-refractivity contribution in [2.24, 2.45) is 0 Å². The SMILES string of the molecule is O=C(CCCc1c[nH]c2ccccc12)N1CCn2nc(CO)cc2C1. The molecule has 2 N–H and O–H groups in total. The number of aromatic amines is 1. The lowest BCUT2D eigenvalue weighted by atomic mass is 10.1. The van der Waals surface area contributed by atoms with Crippen LogP contribution in [0.1, 0.15) is 29.8 Å². The van der Waals surface area contributed by atoms with Gasteiger partial charge in [-0.1, -0.05) is 18.2 Å². The molecule has 1 aliphatic heterocycles. The summed E-state index contributed by atoms with van der Waals surface area (Å²) in [6.45, 7) is 1.91. The molecule has 6 heteroatoms. The normalized spacial score (nSPS) is 14.0. The highest BCUT2D eigenvalue weighted by Crippen LogP contribution is 2.20. The molecule has 0 fully saturated rings. The van der Waals surface area contributed by atoms with Gasteiger partial charge >= 0.3 is 0 Å². The minimum Gasteiger partial charge on any atom is -0.390 e. The smallest absolute Gasteiger partial charge is 0.222 e. The fourth-order valence-electron chi connectivity index (χ4n) is 3.54. The number of nitrogens with one attached hydrogen (secondary N) is 1. The second-order valence-corrected chi connectivity index (χ2v) is 6.54. The van der Waals surface area contributed by atoms with E-state index in [-0.39, 0.29) is 12.5 Å². The van der Waals surface area contributed by atoms with Crippen LogP contribution in [0.4, 0.5) is 0 Å². The second kappa shape index (κ2) is 6.72. The van der Waals surface area contributed by atoms with Gasteiger partial charge < -0.3 is 15.0 Å². The number of aromatic nitrogens is 3. The number of aliphatic hydroxyl groups excluding tert-OH is 1. The van der Waals surface area contributed by atoms with Crippen molar-refractivity contribution in [2.75, 3.05) is 6.54 Å². The van der Waals surface area contributed by atoms with Crippen molar-refractivity contribution in [3.05, 3.63) is 53.5 Å². The number of para-hydroxylation sites is 1. The molecular weight excluding hydrogens is 316 g/mol. The molecule has 25 heavy (non-hydrogen) atoms. The number of amides is 1. The van der Waals surface area contributed by atoms with Crippen LogP contribution >= 0.6 is 0 Å². The summed E-state index contributed by atoms with van der Waals surface area (Å²) < 4.78 is 1.89. The molecule has 0 spiro atoms. The Morgan fingerprint density at radius 2 is 2.16 bits per heavy atom. The molecule has 0 atom stereocenters. The summed E-state index contributed by atoms with van der Waals surface area (Å²) in [7, 11) is 0. The highest BCUT2D eigenvalue weighted by atomic mass is 16.3. The Hall–Kier alpha value is -2.60. The van der Waals surface area contributed by atoms with Gasteiger partial charge in [-0.05, 0) is 30.5 Å². The zero-order chi connectivity index (χ0) is 17.2. The molecule has 0 radical (unpaired) electrons. The zero-order valence-electron chi connectivity index (χ0n) is 14.1. The molecule has 2 aromatic heterocycles. The van der Waals surface area contributed by atoms with Crippen LogP contribution in [0.15, 0.2) is 36.5 Å². The van der Waals surface area contributed by atoms with E-state index >= 15 is 0 Å². The van der Waals surface area contributed by atoms with Crippen LogP contribution in [0, 0.1) is 0 Å². The van der Waals surface area contributed by atoms with Gasteiger partial charge in [0.05, 0.1) is 31.1 Å². The first-order chi connectivity index (χ1) is 12.2. The van der Waals surface area contributed by atoms with E-state index in [9.17, 15) is 9.90 Å². The van der Waals surface area contributed by atoms with Crippen molar-refractivity contribution in [3.8, 4) is 0 Å². The number of carbonyl (C=O) groups is 1. The van der Waals surface area contributed by atoms with Gasteiger partial charge in [0.1, 0.15) is 0 Å². The van der Waals surface area contributed by atoms with Crippen molar-refractivity contribution in [2.45, 2.75) is 39.0 Å². The van der Waals surface area contributed by atoms with Crippen LogP contribution in [-0.2, 0) is 30.9 Å². The van der Waals surface area contributed by atoms with E-state index in [1.54, 1.807) is 0 Å². The third kappa shape index (κ3) is 3.17. The molecule has 1 aliphatic rings. The minimum atomic E-state index is -0.0570. The summed E-state index contributed by atoms with van der Waals surface area (Å²) in [6, 6.07) is 10.1. The largest absolute Gasteiger partial charge is 0.390 e. The number of hydrogen-bond donors (Lipinski definition) is 2. The maximum absolute atomic E-state index is 12.5. The Morgan fingerprint density at radius 3 is 3.04 bits per heavy atom. The van der Waals surface area contributed by atoms with Crippen LogP contribution in [0.2, 0.25) is 0 Å². The summed E-state index contributed by atoms with van der Waals surface area (Å²) in [6.07, 6.45) is 4.35. The van der Waals surface area contributed by atoms with Gasteiger partial charge in [0.2, 0.25) is 5.91 Å². The number of fused-ring (bicyclic) bond motifs is 2. The van der Waals surface area contributed by atoms with Gasteiger partial charge in [0.15, 0.2) is 0 Å². The summed E-state index contributed by atoms with van der Waals surface area (Å²) >= 11 is 0. The van der Waals surface area contributed by atoms with E-state index in [1.807, 2.05) is 34.0 Å². The number of hydrogen-bond acceptors (Lipinski definition) is 3. The minimum absolute atomic E-state index is 0.0570. The average Bonchev–Trinajstić information content (AvgIpc) is 3.24. The lowest BCUT2D eigenvalue weighted by molar-refractivity contribution is -0.132. The summed E-state index contributed by atoms with van der Waals surface area (Å²) in [5.41, 5.74) is 4.09. The first-order valence-corrected chi connectivity index (χ1v) is 8.74. The Labute approximate surface area is 146 Å². The second-order valence-electron chi connectivity index (χ2n) is 6.54. The van der Waals surface area contributed by atoms with Gasteiger partial charge in [-0.25, -0.2) is 0 Å². The van der Waals surface area contributed by atoms with Gasteiger partial charge in [-0.2, -0.15) is 5.10 Å². The maximum atomic E-state index is 12.5. The van der Waals surface area contributed by atoms with Crippen molar-refractivity contribution in [3.63, 3.8) is 0 Å². The number of nitrogens with zero attached hydrogens (tertiary/aromatic N) is 3. The first kappa shape index (κ1) is 15.9. The molecule has 0 saturated carbocycles. The van der Waals surface area contributed by atoms with E-state index in [0.29, 0.717) is 31.7 Å². The van der Waals surface area contributed by atoms with Gasteiger partial charge in [0, 0.05) is 30.1 Å². The van der Waals surface area contributed by atoms with E-state index < -0.39 is 0 Å². The van der Waals surface area contributed by atoms with Crippen molar-refractivity contribution in [1.82, 2.24) is 19.7 Å². The van der Waals surface area contributed by atoms with E-state index in [1.165, 1.54) is 10.9 Å². The Balaban J connectivity index is 1.33. The third-order valence-electron chi connectivity index (χ3n) is 4.87. The highest BCUT2D eigenvalue weighted by Gasteiger charge is 2.21. The Kier molecular flexibility index (Phi) is 4.28. The Bertz CT molecular complexity index is 896. The van der Waals surface area contributed by atoms with Crippen molar-refractivity contribution < 1.29 is 9.90 Å². The molecule has 0 saturated heterocycles. The van der Waals surface area contributed by atoms with Crippen LogP contribution < -0.4 is 0 Å². The molecule has 1 amide bonds. The maximum Gasteiger partial charge on any atom is 0.222 e. The van der Waals surface area contributed by atoms with E-state index in [0.717, 1.165) is 24.1 Å². The molecule has 1 aromatic carbocycles. The molecule has 0 aliphatic carbocycles. The van der Waals surface area contributed by atoms with Crippen LogP contribution in [0.25, 0.3) is 10.9 Å². The number of H-pyrrole nitrogens is 1. The lowest BCUT2D eigenvalue weighted by Crippen LogP contribution is -2.38. The number of aryl methyl sites for hydroxylation is 1. The van der Waals surface area contributed by atoms with Gasteiger partial charge in [-0.3, -0.25) is 9.48 Å². The molecule has 0 unspecified atom stereocenters. The Morgan fingerprint density at radius 1 is 1.28 bits per heavy atom. The van der Waals surface area contributed by atoms with Gasteiger partial charge in [0.25, 0.3) is 0 Å². The number of benzene rings is 1. The molecule has 0 bridgehead atoms. The molecule has 4 rings (SSSR count). The topological polar surface area (TPSA) is 74.2 Å². The van der Waals surface area contributed by atoms with Gasteiger partial charge in [-0.15, -0.1) is 0 Å². The fourth-order valence-corrected chi connectivity index (χ4v) is 3.54. The molecule has 3 aromatic rings. The fraction of sp³-hybridized carbons (Fsp3) is 0.368. The standard InChI is InChI=1S/C19H22N4O2/c24-13-15-10-16-12-22(8-9-23(16)21-15)19(25)7-3-4-14-11-20-18-6-2-1-5-17(14)18/h1-2,5-6,10-11,20,24H,3-4,7-9,12-13H2. The molecular formula is C19H22N4O2. The van der Waals surface area contributed by atoms with Crippen molar-refractivity contribution in [1.29, 1.82) is 0 Å². The number of carbonyl (C=O) groups excluding carboxylic acids is 1. The number of rotatable bonds is 5. The molecule has 130 valence electrons. The molecule has 6 nitrogen and oxygen atoms in total. The predicted octanol–water partition coefficient (Wildman–Crippen LogP) is 2.22. The zero-order valence-corrected chi connectivity index (χ0v) is 14.1. The summed E-state index contributed by atoms with van der Waals surface area (Å²) in [4.78, 5) is 17.7. The number of aliphatic hydroxyl groups is 1. The third-order valence-corrected chi connectivity index (χ3v) is 4.87. The summed E-state index contributed by atoms with van der Waals surface area (Å²) in [5.74, 6) is 0.192. The van der Waals surface area contributed by atoms with Crippen molar-refractivity contribution >= 4 is 16.8 Å². The monoisotopic (exact) mass is 338 g/mol. The lowest BCUT2D eigenvalue weighted by Gasteiger charge is -2.27. The van der Waals surface area contributed by atoms with Crippen LogP contribution in [0.3, 0.4) is 0 Å².